The van der Waals surface area contributed by atoms with Crippen LogP contribution in [0.25, 0.3) is 0 Å². The highest BCUT2D eigenvalue weighted by Gasteiger charge is 2.37. The Morgan fingerprint density at radius 2 is 1.95 bits per heavy atom. The zero-order valence-electron chi connectivity index (χ0n) is 12.0. The second-order valence-corrected chi connectivity index (χ2v) is 5.93. The lowest BCUT2D eigenvalue weighted by molar-refractivity contribution is 0.0698. The second kappa shape index (κ2) is 5.15. The Labute approximate surface area is 118 Å². The van der Waals surface area contributed by atoms with Crippen LogP contribution >= 0.6 is 0 Å². The van der Waals surface area contributed by atoms with Crippen LogP contribution in [0.2, 0.25) is 0 Å². The molecule has 0 heterocycles. The fraction of sp³-hybridized carbons (Fsp3) is 0.467. The zero-order valence-corrected chi connectivity index (χ0v) is 12.0. The number of benzene rings is 1. The van der Waals surface area contributed by atoms with Crippen LogP contribution in [0.15, 0.2) is 12.1 Å². The highest BCUT2D eigenvalue weighted by atomic mass is 16.4. The summed E-state index contributed by atoms with van der Waals surface area (Å²) < 4.78 is 0. The van der Waals surface area contributed by atoms with Gasteiger partial charge in [-0.15, -0.1) is 0 Å². The molecule has 20 heavy (non-hydrogen) atoms. The molecule has 108 valence electrons. The number of urea groups is 1. The number of carbonyl (C=O) groups excluding carboxylic acids is 1. The Morgan fingerprint density at radius 3 is 2.50 bits per heavy atom. The van der Waals surface area contributed by atoms with Gasteiger partial charge in [0.15, 0.2) is 0 Å². The summed E-state index contributed by atoms with van der Waals surface area (Å²) in [6.07, 6.45) is 2.24. The average molecular weight is 276 g/mol. The van der Waals surface area contributed by atoms with Crippen LogP contribution in [-0.2, 0) is 0 Å². The molecular formula is C15H20N2O3. The van der Waals surface area contributed by atoms with Gasteiger partial charge in [-0.25, -0.2) is 9.59 Å². The first-order chi connectivity index (χ1) is 9.31. The molecule has 0 atom stereocenters. The van der Waals surface area contributed by atoms with E-state index in [4.69, 9.17) is 0 Å². The van der Waals surface area contributed by atoms with Gasteiger partial charge in [-0.1, -0.05) is 13.0 Å². The van der Waals surface area contributed by atoms with E-state index in [2.05, 4.69) is 17.6 Å². The molecule has 0 spiro atoms. The van der Waals surface area contributed by atoms with Gasteiger partial charge in [-0.3, -0.25) is 0 Å². The molecule has 0 unspecified atom stereocenters. The minimum Gasteiger partial charge on any atom is -0.478 e. The predicted octanol–water partition coefficient (Wildman–Crippen LogP) is 2.92. The van der Waals surface area contributed by atoms with Crippen molar-refractivity contribution in [3.05, 3.63) is 28.8 Å². The molecule has 1 aliphatic rings. The number of carboxylic acids is 1. The highest BCUT2D eigenvalue weighted by molar-refractivity contribution is 6.01. The van der Waals surface area contributed by atoms with Gasteiger partial charge in [0, 0.05) is 6.54 Å². The van der Waals surface area contributed by atoms with Gasteiger partial charge in [-0.2, -0.15) is 0 Å². The van der Waals surface area contributed by atoms with Gasteiger partial charge in [0.25, 0.3) is 0 Å². The lowest BCUT2D eigenvalue weighted by atomic mass is 10.0. The summed E-state index contributed by atoms with van der Waals surface area (Å²) in [6, 6.07) is 3.06. The number of hydrogen-bond donors (Lipinski definition) is 3. The van der Waals surface area contributed by atoms with E-state index in [1.165, 1.54) is 0 Å². The molecule has 1 aromatic carbocycles. The van der Waals surface area contributed by atoms with Crippen molar-refractivity contribution in [1.82, 2.24) is 5.32 Å². The summed E-state index contributed by atoms with van der Waals surface area (Å²) in [7, 11) is 0. The topological polar surface area (TPSA) is 78.4 Å². The number of hydrogen-bond acceptors (Lipinski definition) is 2. The average Bonchev–Trinajstić information content (AvgIpc) is 3.08. The lowest BCUT2D eigenvalue weighted by Gasteiger charge is -2.15. The van der Waals surface area contributed by atoms with Crippen molar-refractivity contribution >= 4 is 17.7 Å². The van der Waals surface area contributed by atoms with Gasteiger partial charge < -0.3 is 15.7 Å². The van der Waals surface area contributed by atoms with Crippen molar-refractivity contribution in [2.24, 2.45) is 5.41 Å². The van der Waals surface area contributed by atoms with Crippen molar-refractivity contribution in [3.8, 4) is 0 Å². The molecule has 1 aromatic rings. The quantitative estimate of drug-likeness (QED) is 0.791. The van der Waals surface area contributed by atoms with Crippen LogP contribution in [0.3, 0.4) is 0 Å². The Kier molecular flexibility index (Phi) is 3.70. The monoisotopic (exact) mass is 276 g/mol. The van der Waals surface area contributed by atoms with Gasteiger partial charge >= 0.3 is 12.0 Å². The first kappa shape index (κ1) is 14.4. The third-order valence-corrected chi connectivity index (χ3v) is 3.73. The second-order valence-electron chi connectivity index (χ2n) is 5.93. The highest BCUT2D eigenvalue weighted by Crippen LogP contribution is 2.44. The molecule has 1 aliphatic carbocycles. The van der Waals surface area contributed by atoms with E-state index in [1.807, 2.05) is 13.0 Å². The minimum atomic E-state index is -1.04. The molecular weight excluding hydrogens is 256 g/mol. The molecule has 5 nitrogen and oxygen atoms in total. The fourth-order valence-corrected chi connectivity index (χ4v) is 2.14. The summed E-state index contributed by atoms with van der Waals surface area (Å²) in [5.41, 5.74) is 2.30. The van der Waals surface area contributed by atoms with Crippen LogP contribution < -0.4 is 10.6 Å². The van der Waals surface area contributed by atoms with Gasteiger partial charge in [0.2, 0.25) is 0 Å². The molecule has 0 aromatic heterocycles. The van der Waals surface area contributed by atoms with Crippen molar-refractivity contribution in [2.75, 3.05) is 11.9 Å². The van der Waals surface area contributed by atoms with Crippen molar-refractivity contribution in [1.29, 1.82) is 0 Å². The van der Waals surface area contributed by atoms with E-state index in [-0.39, 0.29) is 17.0 Å². The summed E-state index contributed by atoms with van der Waals surface area (Å²) in [5, 5.41) is 14.7. The maximum atomic E-state index is 11.9. The Bertz CT molecular complexity index is 562. The minimum absolute atomic E-state index is 0.121. The van der Waals surface area contributed by atoms with Crippen LogP contribution in [0.5, 0.6) is 0 Å². The molecule has 0 bridgehead atoms. The summed E-state index contributed by atoms with van der Waals surface area (Å²) in [6.45, 7) is 6.35. The summed E-state index contributed by atoms with van der Waals surface area (Å²) in [4.78, 5) is 23.1. The summed E-state index contributed by atoms with van der Waals surface area (Å²) in [5.74, 6) is -1.04. The first-order valence-electron chi connectivity index (χ1n) is 6.70. The maximum absolute atomic E-state index is 11.9. The zero-order chi connectivity index (χ0) is 14.9. The summed E-state index contributed by atoms with van der Waals surface area (Å²) >= 11 is 0. The number of carboxylic acid groups (broad SMARTS) is 1. The Balaban J connectivity index is 2.11. The molecule has 0 radical (unpaired) electrons. The first-order valence-corrected chi connectivity index (χ1v) is 6.70. The van der Waals surface area contributed by atoms with E-state index in [0.29, 0.717) is 12.2 Å². The smallest absolute Gasteiger partial charge is 0.337 e. The number of aryl methyl sites for hydroxylation is 2. The van der Waals surface area contributed by atoms with Crippen LogP contribution in [0, 0.1) is 19.3 Å². The van der Waals surface area contributed by atoms with E-state index in [9.17, 15) is 14.7 Å². The molecule has 3 N–H and O–H groups in total. The van der Waals surface area contributed by atoms with Crippen LogP contribution in [-0.4, -0.2) is 23.7 Å². The molecule has 2 amide bonds. The molecule has 1 fully saturated rings. The molecule has 1 saturated carbocycles. The van der Waals surface area contributed by atoms with Crippen molar-refractivity contribution < 1.29 is 14.7 Å². The standard InChI is InChI=1S/C15H20N2O3/c1-9-6-10(2)12(11(7-9)13(18)19)17-14(20)16-8-15(3)4-5-15/h6-7H,4-5,8H2,1-3H3,(H,18,19)(H2,16,17,20). The fourth-order valence-electron chi connectivity index (χ4n) is 2.14. The third kappa shape index (κ3) is 3.29. The van der Waals surface area contributed by atoms with Gasteiger partial charge in [0.1, 0.15) is 0 Å². The number of aromatic carboxylic acids is 1. The number of amides is 2. The third-order valence-electron chi connectivity index (χ3n) is 3.73. The van der Waals surface area contributed by atoms with Crippen molar-refractivity contribution in [3.63, 3.8) is 0 Å². The van der Waals surface area contributed by atoms with E-state index in [0.717, 1.165) is 24.0 Å². The molecule has 5 heteroatoms. The number of nitrogens with one attached hydrogen (secondary N) is 2. The largest absolute Gasteiger partial charge is 0.478 e. The van der Waals surface area contributed by atoms with E-state index >= 15 is 0 Å². The number of rotatable bonds is 4. The number of anilines is 1. The Hall–Kier alpha value is -2.04. The van der Waals surface area contributed by atoms with Gasteiger partial charge in [-0.05, 0) is 49.3 Å². The normalized spacial score (nSPS) is 15.6. The Morgan fingerprint density at radius 1 is 1.30 bits per heavy atom. The molecule has 0 saturated heterocycles. The van der Waals surface area contributed by atoms with E-state index in [1.54, 1.807) is 13.0 Å². The SMILES string of the molecule is Cc1cc(C)c(NC(=O)NCC2(C)CC2)c(C(=O)O)c1. The van der Waals surface area contributed by atoms with Gasteiger partial charge in [0.05, 0.1) is 11.3 Å². The maximum Gasteiger partial charge on any atom is 0.337 e. The predicted molar refractivity (Wildman–Crippen MR) is 77.2 cm³/mol. The van der Waals surface area contributed by atoms with E-state index < -0.39 is 5.97 Å². The van der Waals surface area contributed by atoms with Crippen molar-refractivity contribution in [2.45, 2.75) is 33.6 Å². The van der Waals surface area contributed by atoms with Crippen LogP contribution in [0.1, 0.15) is 41.3 Å². The molecule has 2 rings (SSSR count). The number of carbonyl (C=O) groups is 2. The van der Waals surface area contributed by atoms with Crippen LogP contribution in [0.4, 0.5) is 10.5 Å². The lowest BCUT2D eigenvalue weighted by Crippen LogP contribution is -2.33. The molecule has 0 aliphatic heterocycles.